The molecular formula is C11H12N4O2S. The van der Waals surface area contributed by atoms with E-state index in [2.05, 4.69) is 15.3 Å². The fourth-order valence-electron chi connectivity index (χ4n) is 1.61. The number of thiophene rings is 1. The quantitative estimate of drug-likeness (QED) is 0.678. The molecule has 0 saturated carbocycles. The van der Waals surface area contributed by atoms with Crippen LogP contribution >= 0.6 is 11.3 Å². The minimum Gasteiger partial charge on any atom is -0.354 e. The standard InChI is InChI=1S/C11H12N4O2S/c1-3-12-11-13-7(2)10(15(16)17)9(14-11)8-5-4-6-18-8/h4-6H,3H2,1-2H3,(H,12,13,14). The molecule has 0 aliphatic rings. The second kappa shape index (κ2) is 5.09. The molecule has 0 aliphatic carbocycles. The highest BCUT2D eigenvalue weighted by atomic mass is 32.1. The molecule has 2 aromatic rings. The Labute approximate surface area is 108 Å². The highest BCUT2D eigenvalue weighted by molar-refractivity contribution is 7.13. The number of hydrogen-bond acceptors (Lipinski definition) is 6. The highest BCUT2D eigenvalue weighted by Crippen LogP contribution is 2.33. The van der Waals surface area contributed by atoms with Gasteiger partial charge in [0.25, 0.3) is 0 Å². The lowest BCUT2D eigenvalue weighted by atomic mass is 10.2. The summed E-state index contributed by atoms with van der Waals surface area (Å²) < 4.78 is 0. The molecule has 2 heterocycles. The number of aromatic nitrogens is 2. The molecule has 0 saturated heterocycles. The largest absolute Gasteiger partial charge is 0.354 e. The number of nitrogens with one attached hydrogen (secondary N) is 1. The van der Waals surface area contributed by atoms with Crippen LogP contribution in [0.5, 0.6) is 0 Å². The summed E-state index contributed by atoms with van der Waals surface area (Å²) in [7, 11) is 0. The van der Waals surface area contributed by atoms with Crippen molar-refractivity contribution >= 4 is 23.0 Å². The van der Waals surface area contributed by atoms with Crippen molar-refractivity contribution < 1.29 is 4.92 Å². The predicted molar refractivity (Wildman–Crippen MR) is 70.9 cm³/mol. The van der Waals surface area contributed by atoms with E-state index in [1.165, 1.54) is 11.3 Å². The Balaban J connectivity index is 2.63. The van der Waals surface area contributed by atoms with Gasteiger partial charge in [-0.25, -0.2) is 9.97 Å². The van der Waals surface area contributed by atoms with Gasteiger partial charge in [0.15, 0.2) is 5.69 Å². The summed E-state index contributed by atoms with van der Waals surface area (Å²) in [6.07, 6.45) is 0. The molecule has 0 spiro atoms. The Morgan fingerprint density at radius 3 is 2.83 bits per heavy atom. The summed E-state index contributed by atoms with van der Waals surface area (Å²) in [5.74, 6) is 0.420. The SMILES string of the molecule is CCNc1nc(C)c([N+](=O)[O-])c(-c2cccs2)n1. The van der Waals surface area contributed by atoms with Crippen LogP contribution in [0.1, 0.15) is 12.6 Å². The number of anilines is 1. The lowest BCUT2D eigenvalue weighted by Gasteiger charge is -2.06. The Kier molecular flexibility index (Phi) is 3.52. The Morgan fingerprint density at radius 2 is 2.28 bits per heavy atom. The van der Waals surface area contributed by atoms with Crippen LogP contribution in [-0.2, 0) is 0 Å². The minimum absolute atomic E-state index is 0.0286. The van der Waals surface area contributed by atoms with Gasteiger partial charge in [0.05, 0.1) is 9.80 Å². The first-order chi connectivity index (χ1) is 8.63. The third-order valence-corrected chi connectivity index (χ3v) is 3.21. The number of nitrogens with zero attached hydrogens (tertiary/aromatic N) is 3. The van der Waals surface area contributed by atoms with Crippen LogP contribution in [0.15, 0.2) is 17.5 Å². The zero-order valence-corrected chi connectivity index (χ0v) is 10.8. The van der Waals surface area contributed by atoms with Crippen LogP contribution in [0.2, 0.25) is 0 Å². The molecule has 0 atom stereocenters. The lowest BCUT2D eigenvalue weighted by Crippen LogP contribution is -2.07. The maximum absolute atomic E-state index is 11.1. The van der Waals surface area contributed by atoms with E-state index < -0.39 is 4.92 Å². The summed E-state index contributed by atoms with van der Waals surface area (Å²) in [5, 5.41) is 16.0. The van der Waals surface area contributed by atoms with Gasteiger partial charge in [-0.05, 0) is 25.3 Å². The van der Waals surface area contributed by atoms with Gasteiger partial charge in [-0.2, -0.15) is 0 Å². The zero-order chi connectivity index (χ0) is 13.1. The second-order valence-corrected chi connectivity index (χ2v) is 4.54. The highest BCUT2D eigenvalue weighted by Gasteiger charge is 2.23. The van der Waals surface area contributed by atoms with E-state index in [9.17, 15) is 10.1 Å². The van der Waals surface area contributed by atoms with Crippen molar-refractivity contribution in [2.24, 2.45) is 0 Å². The fraction of sp³-hybridized carbons (Fsp3) is 0.273. The van der Waals surface area contributed by atoms with Gasteiger partial charge in [-0.3, -0.25) is 10.1 Å². The molecular weight excluding hydrogens is 252 g/mol. The van der Waals surface area contributed by atoms with Crippen molar-refractivity contribution in [2.45, 2.75) is 13.8 Å². The summed E-state index contributed by atoms with van der Waals surface area (Å²) in [4.78, 5) is 19.8. The Morgan fingerprint density at radius 1 is 1.50 bits per heavy atom. The molecule has 0 bridgehead atoms. The molecule has 18 heavy (non-hydrogen) atoms. The van der Waals surface area contributed by atoms with Gasteiger partial charge >= 0.3 is 5.69 Å². The van der Waals surface area contributed by atoms with Crippen LogP contribution in [0.4, 0.5) is 11.6 Å². The second-order valence-electron chi connectivity index (χ2n) is 3.59. The minimum atomic E-state index is -0.430. The van der Waals surface area contributed by atoms with Crippen molar-refractivity contribution in [1.82, 2.24) is 9.97 Å². The molecule has 0 amide bonds. The van der Waals surface area contributed by atoms with Crippen LogP contribution in [-0.4, -0.2) is 21.4 Å². The topological polar surface area (TPSA) is 81.0 Å². The molecule has 0 fully saturated rings. The summed E-state index contributed by atoms with van der Waals surface area (Å²) in [6, 6.07) is 3.66. The molecule has 2 aromatic heterocycles. The Bertz CT molecular complexity index is 569. The molecule has 0 unspecified atom stereocenters. The molecule has 7 heteroatoms. The van der Waals surface area contributed by atoms with Crippen LogP contribution in [0.3, 0.4) is 0 Å². The van der Waals surface area contributed by atoms with E-state index in [1.54, 1.807) is 6.92 Å². The van der Waals surface area contributed by atoms with Crippen LogP contribution in [0, 0.1) is 17.0 Å². The fourth-order valence-corrected chi connectivity index (χ4v) is 2.32. The lowest BCUT2D eigenvalue weighted by molar-refractivity contribution is -0.385. The average Bonchev–Trinajstić information content (AvgIpc) is 2.81. The molecule has 6 nitrogen and oxygen atoms in total. The Hall–Kier alpha value is -2.02. The van der Waals surface area contributed by atoms with Gasteiger partial charge in [-0.15, -0.1) is 11.3 Å². The third-order valence-electron chi connectivity index (χ3n) is 2.33. The molecule has 0 aliphatic heterocycles. The van der Waals surface area contributed by atoms with E-state index in [4.69, 9.17) is 0 Å². The third kappa shape index (κ3) is 2.30. The first kappa shape index (κ1) is 12.4. The number of nitro groups is 1. The van der Waals surface area contributed by atoms with E-state index in [-0.39, 0.29) is 5.69 Å². The van der Waals surface area contributed by atoms with E-state index in [0.717, 1.165) is 4.88 Å². The number of hydrogen-bond donors (Lipinski definition) is 1. The molecule has 0 aromatic carbocycles. The zero-order valence-electron chi connectivity index (χ0n) is 10.0. The maximum Gasteiger partial charge on any atom is 0.317 e. The van der Waals surface area contributed by atoms with Crippen LogP contribution in [0.25, 0.3) is 10.6 Å². The van der Waals surface area contributed by atoms with Crippen molar-refractivity contribution in [2.75, 3.05) is 11.9 Å². The molecule has 94 valence electrons. The maximum atomic E-state index is 11.1. The molecule has 2 rings (SSSR count). The number of aryl methyl sites for hydroxylation is 1. The van der Waals surface area contributed by atoms with E-state index in [0.29, 0.717) is 23.9 Å². The van der Waals surface area contributed by atoms with E-state index in [1.807, 2.05) is 24.4 Å². The van der Waals surface area contributed by atoms with E-state index >= 15 is 0 Å². The van der Waals surface area contributed by atoms with Gasteiger partial charge in [0, 0.05) is 6.54 Å². The molecule has 0 radical (unpaired) electrons. The normalized spacial score (nSPS) is 10.3. The summed E-state index contributed by atoms with van der Waals surface area (Å²) in [6.45, 7) is 4.21. The predicted octanol–water partition coefficient (Wildman–Crippen LogP) is 2.85. The average molecular weight is 264 g/mol. The monoisotopic (exact) mass is 264 g/mol. The van der Waals surface area contributed by atoms with Crippen molar-refractivity contribution in [3.63, 3.8) is 0 Å². The smallest absolute Gasteiger partial charge is 0.317 e. The first-order valence-electron chi connectivity index (χ1n) is 5.44. The van der Waals surface area contributed by atoms with Crippen molar-refractivity contribution in [3.05, 3.63) is 33.3 Å². The van der Waals surface area contributed by atoms with Gasteiger partial charge in [0.2, 0.25) is 5.95 Å². The summed E-state index contributed by atoms with van der Waals surface area (Å²) >= 11 is 1.42. The first-order valence-corrected chi connectivity index (χ1v) is 6.32. The van der Waals surface area contributed by atoms with Crippen molar-refractivity contribution in [3.8, 4) is 10.6 Å². The van der Waals surface area contributed by atoms with Gasteiger partial charge in [0.1, 0.15) is 5.69 Å². The van der Waals surface area contributed by atoms with Gasteiger partial charge in [-0.1, -0.05) is 6.07 Å². The summed E-state index contributed by atoms with van der Waals surface area (Å²) in [5.41, 5.74) is 0.715. The molecule has 1 N–H and O–H groups in total. The van der Waals surface area contributed by atoms with Crippen LogP contribution < -0.4 is 5.32 Å². The van der Waals surface area contributed by atoms with Crippen molar-refractivity contribution in [1.29, 1.82) is 0 Å². The number of rotatable bonds is 4. The van der Waals surface area contributed by atoms with Gasteiger partial charge < -0.3 is 5.32 Å².